The van der Waals surface area contributed by atoms with Crippen molar-refractivity contribution < 1.29 is 14.7 Å². The Labute approximate surface area is 95.8 Å². The molecule has 0 aromatic rings. The summed E-state index contributed by atoms with van der Waals surface area (Å²) in [6, 6.07) is -0.765. The van der Waals surface area contributed by atoms with Gasteiger partial charge < -0.3 is 15.3 Å². The fraction of sp³-hybridized carbons (Fsp3) is 0.818. The number of likely N-dealkylation sites (N-methyl/N-ethyl adjacent to an activating group) is 1. The van der Waals surface area contributed by atoms with Crippen LogP contribution in [0.2, 0.25) is 0 Å². The van der Waals surface area contributed by atoms with Crippen molar-refractivity contribution in [2.24, 2.45) is 5.41 Å². The molecule has 0 saturated carbocycles. The molecule has 0 radical (unpaired) electrons. The van der Waals surface area contributed by atoms with Crippen molar-refractivity contribution >= 4 is 11.9 Å². The van der Waals surface area contributed by atoms with Crippen molar-refractivity contribution in [2.45, 2.75) is 32.7 Å². The van der Waals surface area contributed by atoms with Crippen molar-refractivity contribution in [3.8, 4) is 0 Å². The molecule has 16 heavy (non-hydrogen) atoms. The number of hydrogen-bond acceptors (Lipinski definition) is 3. The molecule has 1 heterocycles. The lowest BCUT2D eigenvalue weighted by atomic mass is 9.79. The van der Waals surface area contributed by atoms with E-state index in [-0.39, 0.29) is 5.91 Å². The van der Waals surface area contributed by atoms with Gasteiger partial charge in [-0.2, -0.15) is 0 Å². The molecule has 0 aliphatic carbocycles. The lowest BCUT2D eigenvalue weighted by Gasteiger charge is -2.37. The first-order chi connectivity index (χ1) is 7.38. The van der Waals surface area contributed by atoms with Gasteiger partial charge in [-0.15, -0.1) is 0 Å². The van der Waals surface area contributed by atoms with E-state index >= 15 is 0 Å². The second kappa shape index (κ2) is 4.82. The lowest BCUT2D eigenvalue weighted by molar-refractivity contribution is -0.153. The average molecular weight is 228 g/mol. The molecule has 0 spiro atoms. The Kier molecular flexibility index (Phi) is 3.91. The smallest absolute Gasteiger partial charge is 0.326 e. The van der Waals surface area contributed by atoms with E-state index in [1.54, 1.807) is 7.05 Å². The number of nitrogens with zero attached hydrogens (tertiary/aromatic N) is 1. The van der Waals surface area contributed by atoms with Crippen LogP contribution in [-0.4, -0.2) is 48.1 Å². The van der Waals surface area contributed by atoms with E-state index in [1.165, 1.54) is 11.8 Å². The van der Waals surface area contributed by atoms with Crippen LogP contribution in [0.5, 0.6) is 0 Å². The van der Waals surface area contributed by atoms with Gasteiger partial charge in [0, 0.05) is 12.5 Å². The van der Waals surface area contributed by atoms with Crippen molar-refractivity contribution in [1.29, 1.82) is 0 Å². The van der Waals surface area contributed by atoms with Gasteiger partial charge in [-0.05, 0) is 32.9 Å². The van der Waals surface area contributed by atoms with Gasteiger partial charge in [-0.1, -0.05) is 6.92 Å². The zero-order valence-corrected chi connectivity index (χ0v) is 10.1. The Bertz CT molecular complexity index is 285. The highest BCUT2D eigenvalue weighted by Crippen LogP contribution is 2.30. The second-order valence-electron chi connectivity index (χ2n) is 4.74. The molecule has 1 amide bonds. The van der Waals surface area contributed by atoms with Crippen LogP contribution in [0.3, 0.4) is 0 Å². The molecule has 1 atom stereocenters. The Balaban J connectivity index is 2.72. The summed E-state index contributed by atoms with van der Waals surface area (Å²) in [4.78, 5) is 24.4. The van der Waals surface area contributed by atoms with E-state index in [9.17, 15) is 9.59 Å². The number of amides is 1. The van der Waals surface area contributed by atoms with Crippen LogP contribution < -0.4 is 5.32 Å². The largest absolute Gasteiger partial charge is 0.480 e. The van der Waals surface area contributed by atoms with Gasteiger partial charge in [0.05, 0.1) is 0 Å². The number of hydrogen-bond donors (Lipinski definition) is 2. The van der Waals surface area contributed by atoms with Crippen molar-refractivity contribution in [2.75, 3.05) is 20.1 Å². The zero-order chi connectivity index (χ0) is 12.3. The van der Waals surface area contributed by atoms with Gasteiger partial charge in [-0.3, -0.25) is 4.79 Å². The van der Waals surface area contributed by atoms with Gasteiger partial charge in [0.25, 0.3) is 0 Å². The van der Waals surface area contributed by atoms with Crippen molar-refractivity contribution in [1.82, 2.24) is 10.2 Å². The molecule has 5 nitrogen and oxygen atoms in total. The molecule has 1 saturated heterocycles. The van der Waals surface area contributed by atoms with Crippen molar-refractivity contribution in [3.05, 3.63) is 0 Å². The molecule has 0 aromatic heterocycles. The normalized spacial score (nSPS) is 21.2. The summed E-state index contributed by atoms with van der Waals surface area (Å²) in [6.07, 6.45) is 1.53. The molecule has 5 heteroatoms. The topological polar surface area (TPSA) is 69.6 Å². The maximum Gasteiger partial charge on any atom is 0.326 e. The molecule has 1 unspecified atom stereocenters. The fourth-order valence-electron chi connectivity index (χ4n) is 1.96. The summed E-state index contributed by atoms with van der Waals surface area (Å²) in [7, 11) is 1.56. The van der Waals surface area contributed by atoms with Gasteiger partial charge in [0.1, 0.15) is 6.04 Å². The number of rotatable bonds is 3. The van der Waals surface area contributed by atoms with Crippen LogP contribution in [0.15, 0.2) is 0 Å². The van der Waals surface area contributed by atoms with Gasteiger partial charge in [-0.25, -0.2) is 4.79 Å². The van der Waals surface area contributed by atoms with Gasteiger partial charge >= 0.3 is 5.97 Å². The molecule has 92 valence electrons. The first-order valence-corrected chi connectivity index (χ1v) is 5.59. The van der Waals surface area contributed by atoms with E-state index in [1.807, 2.05) is 6.92 Å². The number of carbonyl (C=O) groups is 2. The SMILES string of the molecule is CC(C(=O)O)N(C)C(=O)C1(C)CCNCC1. The van der Waals surface area contributed by atoms with Crippen LogP contribution in [0.4, 0.5) is 0 Å². The van der Waals surface area contributed by atoms with Crippen LogP contribution in [-0.2, 0) is 9.59 Å². The molecule has 1 fully saturated rings. The number of nitrogens with one attached hydrogen (secondary N) is 1. The highest BCUT2D eigenvalue weighted by molar-refractivity contribution is 5.87. The minimum absolute atomic E-state index is 0.0658. The molecule has 0 bridgehead atoms. The van der Waals surface area contributed by atoms with E-state index in [2.05, 4.69) is 5.32 Å². The Hall–Kier alpha value is -1.10. The molecule has 1 aliphatic rings. The van der Waals surface area contributed by atoms with Gasteiger partial charge in [0.2, 0.25) is 5.91 Å². The fourth-order valence-corrected chi connectivity index (χ4v) is 1.96. The third kappa shape index (κ3) is 2.52. The summed E-state index contributed by atoms with van der Waals surface area (Å²) < 4.78 is 0. The number of carbonyl (C=O) groups excluding carboxylic acids is 1. The summed E-state index contributed by atoms with van der Waals surface area (Å²) in [5.41, 5.74) is -0.413. The van der Waals surface area contributed by atoms with Gasteiger partial charge in [0.15, 0.2) is 0 Å². The van der Waals surface area contributed by atoms with E-state index in [4.69, 9.17) is 5.11 Å². The third-order valence-corrected chi connectivity index (χ3v) is 3.48. The van der Waals surface area contributed by atoms with Crippen LogP contribution in [0, 0.1) is 5.41 Å². The monoisotopic (exact) mass is 228 g/mol. The Morgan fingerprint density at radius 2 is 1.88 bits per heavy atom. The summed E-state index contributed by atoms with van der Waals surface area (Å²) >= 11 is 0. The summed E-state index contributed by atoms with van der Waals surface area (Å²) in [6.45, 7) is 5.08. The zero-order valence-electron chi connectivity index (χ0n) is 10.1. The van der Waals surface area contributed by atoms with E-state index in [0.717, 1.165) is 25.9 Å². The Morgan fingerprint density at radius 3 is 2.31 bits per heavy atom. The molecule has 1 rings (SSSR count). The predicted molar refractivity (Wildman–Crippen MR) is 60.1 cm³/mol. The van der Waals surface area contributed by atoms with Crippen LogP contribution in [0.25, 0.3) is 0 Å². The number of carboxylic acid groups (broad SMARTS) is 1. The molecule has 1 aliphatic heterocycles. The molecule has 0 aromatic carbocycles. The number of aliphatic carboxylic acids is 1. The summed E-state index contributed by atoms with van der Waals surface area (Å²) in [5.74, 6) is -1.03. The molecular weight excluding hydrogens is 208 g/mol. The number of carboxylic acids is 1. The minimum Gasteiger partial charge on any atom is -0.480 e. The highest BCUT2D eigenvalue weighted by atomic mass is 16.4. The average Bonchev–Trinajstić information content (AvgIpc) is 2.27. The van der Waals surface area contributed by atoms with Crippen molar-refractivity contribution in [3.63, 3.8) is 0 Å². The molecular formula is C11H20N2O3. The first-order valence-electron chi connectivity index (χ1n) is 5.59. The quantitative estimate of drug-likeness (QED) is 0.729. The van der Waals surface area contributed by atoms with E-state index in [0.29, 0.717) is 0 Å². The summed E-state index contributed by atoms with van der Waals surface area (Å²) in [5, 5.41) is 12.1. The van der Waals surface area contributed by atoms with Crippen LogP contribution >= 0.6 is 0 Å². The first kappa shape index (κ1) is 13.0. The third-order valence-electron chi connectivity index (χ3n) is 3.48. The second-order valence-corrected chi connectivity index (χ2v) is 4.74. The number of piperidine rings is 1. The maximum absolute atomic E-state index is 12.2. The minimum atomic E-state index is -0.964. The van der Waals surface area contributed by atoms with Crippen LogP contribution in [0.1, 0.15) is 26.7 Å². The lowest BCUT2D eigenvalue weighted by Crippen LogP contribution is -2.50. The standard InChI is InChI=1S/C11H20N2O3/c1-8(9(14)15)13(3)10(16)11(2)4-6-12-7-5-11/h8,12H,4-7H2,1-3H3,(H,14,15). The molecule has 2 N–H and O–H groups in total. The maximum atomic E-state index is 12.2. The Morgan fingerprint density at radius 1 is 1.38 bits per heavy atom. The van der Waals surface area contributed by atoms with E-state index < -0.39 is 17.4 Å². The highest BCUT2D eigenvalue weighted by Gasteiger charge is 2.38. The predicted octanol–water partition coefficient (Wildman–Crippen LogP) is 0.308.